The molecule has 0 fully saturated rings. The van der Waals surface area contributed by atoms with Crippen LogP contribution >= 0.6 is 11.8 Å². The number of thioether (sulfide) groups is 1. The van der Waals surface area contributed by atoms with Gasteiger partial charge in [0.25, 0.3) is 0 Å². The van der Waals surface area contributed by atoms with Gasteiger partial charge in [-0.2, -0.15) is 9.94 Å². The average Bonchev–Trinajstić information content (AvgIpc) is 3.09. The largest absolute Gasteiger partial charge is 0.324 e. The van der Waals surface area contributed by atoms with Crippen molar-refractivity contribution in [1.82, 2.24) is 20.2 Å². The molecule has 3 rings (SSSR count). The van der Waals surface area contributed by atoms with Crippen molar-refractivity contribution in [3.05, 3.63) is 59.2 Å². The van der Waals surface area contributed by atoms with Gasteiger partial charge in [-0.25, -0.2) is 0 Å². The summed E-state index contributed by atoms with van der Waals surface area (Å²) in [6.07, 6.45) is 0. The monoisotopic (exact) mass is 378 g/mol. The molecule has 0 saturated carbocycles. The molecule has 0 aliphatic carbocycles. The maximum absolute atomic E-state index is 12.6. The second-order valence-electron chi connectivity index (χ2n) is 6.02. The Hall–Kier alpha value is -3.18. The summed E-state index contributed by atoms with van der Waals surface area (Å²) < 4.78 is 1.66. The standard InChI is InChI=1S/C19H18N6OS/c1-12-7-6-8-13(2)17(12)25-19(22-23-24-25)27-14(3)18(26)21-16-10-5-4-9-15(16)11-20/h4-10,14H,1-3H3,(H,21,26). The van der Waals surface area contributed by atoms with Crippen LogP contribution in [0.1, 0.15) is 23.6 Å². The highest BCUT2D eigenvalue weighted by Crippen LogP contribution is 2.27. The normalized spacial score (nSPS) is 11.6. The Morgan fingerprint density at radius 3 is 2.59 bits per heavy atom. The van der Waals surface area contributed by atoms with Gasteiger partial charge >= 0.3 is 0 Å². The third-order valence-electron chi connectivity index (χ3n) is 4.05. The predicted octanol–water partition coefficient (Wildman–Crippen LogP) is 3.27. The fraction of sp³-hybridized carbons (Fsp3) is 0.211. The summed E-state index contributed by atoms with van der Waals surface area (Å²) >= 11 is 1.26. The molecule has 1 atom stereocenters. The highest BCUT2D eigenvalue weighted by Gasteiger charge is 2.21. The number of benzene rings is 2. The molecule has 8 heteroatoms. The summed E-state index contributed by atoms with van der Waals surface area (Å²) in [5.74, 6) is -0.223. The van der Waals surface area contributed by atoms with E-state index in [-0.39, 0.29) is 5.91 Å². The Labute approximate surface area is 161 Å². The third-order valence-corrected chi connectivity index (χ3v) is 5.08. The lowest BCUT2D eigenvalue weighted by molar-refractivity contribution is -0.115. The zero-order valence-corrected chi connectivity index (χ0v) is 16.0. The maximum Gasteiger partial charge on any atom is 0.237 e. The van der Waals surface area contributed by atoms with Gasteiger partial charge in [0.05, 0.1) is 22.2 Å². The first kappa shape index (κ1) is 18.6. The minimum Gasteiger partial charge on any atom is -0.324 e. The molecule has 1 heterocycles. The van der Waals surface area contributed by atoms with Crippen molar-refractivity contribution < 1.29 is 4.79 Å². The highest BCUT2D eigenvalue weighted by molar-refractivity contribution is 8.00. The lowest BCUT2D eigenvalue weighted by Gasteiger charge is -2.14. The molecule has 7 nitrogen and oxygen atoms in total. The minimum absolute atomic E-state index is 0.223. The summed E-state index contributed by atoms with van der Waals surface area (Å²) in [5.41, 5.74) is 3.91. The maximum atomic E-state index is 12.6. The average molecular weight is 378 g/mol. The number of para-hydroxylation sites is 2. The summed E-state index contributed by atoms with van der Waals surface area (Å²) in [6, 6.07) is 14.9. The topological polar surface area (TPSA) is 96.5 Å². The van der Waals surface area contributed by atoms with E-state index in [0.29, 0.717) is 16.4 Å². The molecule has 136 valence electrons. The van der Waals surface area contributed by atoms with Crippen LogP contribution in [0.15, 0.2) is 47.6 Å². The summed E-state index contributed by atoms with van der Waals surface area (Å²) in [6.45, 7) is 5.76. The van der Waals surface area contributed by atoms with Crippen LogP contribution in [0.3, 0.4) is 0 Å². The van der Waals surface area contributed by atoms with Crippen LogP contribution in [-0.2, 0) is 4.79 Å². The number of rotatable bonds is 5. The first-order valence-electron chi connectivity index (χ1n) is 8.33. The van der Waals surface area contributed by atoms with Crippen LogP contribution in [0.2, 0.25) is 0 Å². The molecule has 1 unspecified atom stereocenters. The van der Waals surface area contributed by atoms with Gasteiger partial charge in [0.1, 0.15) is 6.07 Å². The number of aromatic nitrogens is 4. The number of nitriles is 1. The van der Waals surface area contributed by atoms with Crippen LogP contribution in [0.4, 0.5) is 5.69 Å². The molecule has 2 aromatic carbocycles. The van der Waals surface area contributed by atoms with Crippen LogP contribution in [0, 0.1) is 25.2 Å². The second-order valence-corrected chi connectivity index (χ2v) is 7.33. The quantitative estimate of drug-likeness (QED) is 0.685. The van der Waals surface area contributed by atoms with Gasteiger partial charge in [-0.1, -0.05) is 42.1 Å². The van der Waals surface area contributed by atoms with E-state index in [0.717, 1.165) is 16.8 Å². The number of anilines is 1. The first-order chi connectivity index (χ1) is 13.0. The zero-order valence-electron chi connectivity index (χ0n) is 15.2. The van der Waals surface area contributed by atoms with Gasteiger partial charge in [-0.05, 0) is 54.5 Å². The Kier molecular flexibility index (Phi) is 5.52. The van der Waals surface area contributed by atoms with Crippen LogP contribution < -0.4 is 5.32 Å². The highest BCUT2D eigenvalue weighted by atomic mass is 32.2. The van der Waals surface area contributed by atoms with Crippen molar-refractivity contribution in [2.75, 3.05) is 5.32 Å². The summed E-state index contributed by atoms with van der Waals surface area (Å²) in [4.78, 5) is 12.6. The third kappa shape index (κ3) is 3.99. The van der Waals surface area contributed by atoms with E-state index in [1.807, 2.05) is 32.0 Å². The minimum atomic E-state index is -0.453. The van der Waals surface area contributed by atoms with Gasteiger partial charge in [-0.15, -0.1) is 5.10 Å². The van der Waals surface area contributed by atoms with E-state index in [4.69, 9.17) is 5.26 Å². The molecule has 0 spiro atoms. The van der Waals surface area contributed by atoms with E-state index in [1.165, 1.54) is 11.8 Å². The van der Waals surface area contributed by atoms with Crippen molar-refractivity contribution in [2.45, 2.75) is 31.2 Å². The molecular formula is C19H18N6OS. The molecule has 0 radical (unpaired) electrons. The van der Waals surface area contributed by atoms with Crippen molar-refractivity contribution in [3.8, 4) is 11.8 Å². The Morgan fingerprint density at radius 1 is 1.19 bits per heavy atom. The number of hydrogen-bond acceptors (Lipinski definition) is 6. The number of hydrogen-bond donors (Lipinski definition) is 1. The molecular weight excluding hydrogens is 360 g/mol. The number of nitrogens with one attached hydrogen (secondary N) is 1. The molecule has 1 aromatic heterocycles. The van der Waals surface area contributed by atoms with E-state index >= 15 is 0 Å². The van der Waals surface area contributed by atoms with Gasteiger partial charge in [0, 0.05) is 0 Å². The Balaban J connectivity index is 1.80. The van der Waals surface area contributed by atoms with E-state index in [2.05, 4.69) is 26.9 Å². The van der Waals surface area contributed by atoms with Crippen molar-refractivity contribution in [2.24, 2.45) is 0 Å². The van der Waals surface area contributed by atoms with Crippen molar-refractivity contribution in [3.63, 3.8) is 0 Å². The molecule has 0 bridgehead atoms. The molecule has 0 saturated heterocycles. The van der Waals surface area contributed by atoms with Gasteiger partial charge in [0.2, 0.25) is 11.1 Å². The number of aryl methyl sites for hydroxylation is 2. The molecule has 1 amide bonds. The molecule has 0 aliphatic heterocycles. The van der Waals surface area contributed by atoms with E-state index in [9.17, 15) is 4.79 Å². The Bertz CT molecular complexity index is 1000. The molecule has 1 N–H and O–H groups in total. The summed E-state index contributed by atoms with van der Waals surface area (Å²) in [7, 11) is 0. The smallest absolute Gasteiger partial charge is 0.237 e. The summed E-state index contributed by atoms with van der Waals surface area (Å²) in [5, 5.41) is 24.0. The number of carbonyl (C=O) groups is 1. The number of nitrogens with zero attached hydrogens (tertiary/aromatic N) is 5. The number of tetrazole rings is 1. The lowest BCUT2D eigenvalue weighted by atomic mass is 10.1. The first-order valence-corrected chi connectivity index (χ1v) is 9.21. The van der Waals surface area contributed by atoms with Crippen LogP contribution in [-0.4, -0.2) is 31.4 Å². The van der Waals surface area contributed by atoms with Crippen LogP contribution in [0.5, 0.6) is 0 Å². The zero-order chi connectivity index (χ0) is 19.4. The molecule has 27 heavy (non-hydrogen) atoms. The van der Waals surface area contributed by atoms with Crippen molar-refractivity contribution >= 4 is 23.4 Å². The van der Waals surface area contributed by atoms with Gasteiger partial charge in [-0.3, -0.25) is 4.79 Å². The van der Waals surface area contributed by atoms with Gasteiger partial charge in [0.15, 0.2) is 0 Å². The fourth-order valence-electron chi connectivity index (χ4n) is 2.67. The van der Waals surface area contributed by atoms with Gasteiger partial charge < -0.3 is 5.32 Å². The van der Waals surface area contributed by atoms with Crippen LogP contribution in [0.25, 0.3) is 5.69 Å². The SMILES string of the molecule is Cc1cccc(C)c1-n1nnnc1SC(C)C(=O)Nc1ccccc1C#N. The number of carbonyl (C=O) groups excluding carboxylic acids is 1. The fourth-order valence-corrected chi connectivity index (χ4v) is 3.46. The number of amides is 1. The lowest BCUT2D eigenvalue weighted by Crippen LogP contribution is -2.23. The predicted molar refractivity (Wildman–Crippen MR) is 104 cm³/mol. The molecule has 0 aliphatic rings. The second kappa shape index (κ2) is 8.01. The molecule has 3 aromatic rings. The Morgan fingerprint density at radius 2 is 1.89 bits per heavy atom. The van der Waals surface area contributed by atoms with E-state index in [1.54, 1.807) is 35.9 Å². The van der Waals surface area contributed by atoms with E-state index < -0.39 is 5.25 Å². The van der Waals surface area contributed by atoms with Crippen molar-refractivity contribution in [1.29, 1.82) is 5.26 Å².